The van der Waals surface area contributed by atoms with E-state index < -0.39 is 30.1 Å². The van der Waals surface area contributed by atoms with Gasteiger partial charge in [-0.3, -0.25) is 5.32 Å². The molecule has 1 N–H and O–H groups in total. The highest BCUT2D eigenvalue weighted by atomic mass is 16.6. The van der Waals surface area contributed by atoms with Gasteiger partial charge in [0.05, 0.1) is 32.5 Å². The van der Waals surface area contributed by atoms with Crippen LogP contribution in [0.4, 0.5) is 4.79 Å². The Balaban J connectivity index is 1.50. The normalized spacial score (nSPS) is 21.3. The van der Waals surface area contributed by atoms with Crippen LogP contribution in [0.5, 0.6) is 0 Å². The molecule has 0 unspecified atom stereocenters. The maximum absolute atomic E-state index is 12.6. The van der Waals surface area contributed by atoms with Crippen LogP contribution in [0.15, 0.2) is 91.0 Å². The van der Waals surface area contributed by atoms with E-state index in [1.54, 1.807) is 0 Å². The van der Waals surface area contributed by atoms with Gasteiger partial charge in [0.25, 0.3) is 0 Å². The molecule has 0 saturated carbocycles. The van der Waals surface area contributed by atoms with E-state index in [2.05, 4.69) is 5.32 Å². The Morgan fingerprint density at radius 2 is 1.31 bits per heavy atom. The second-order valence-electron chi connectivity index (χ2n) is 10.6. The number of hydrogen-bond donors (Lipinski definition) is 1. The summed E-state index contributed by atoms with van der Waals surface area (Å²) in [6, 6.07) is 30.0. The van der Waals surface area contributed by atoms with Crippen molar-refractivity contribution >= 4 is 6.09 Å². The molecule has 0 spiro atoms. The third-order valence-corrected chi connectivity index (χ3v) is 6.18. The van der Waals surface area contributed by atoms with Crippen LogP contribution in [0, 0.1) is 0 Å². The zero-order chi connectivity index (χ0) is 27.5. The minimum absolute atomic E-state index is 0.270. The molecule has 1 saturated heterocycles. The van der Waals surface area contributed by atoms with Gasteiger partial charge in [0.1, 0.15) is 24.0 Å². The maximum atomic E-state index is 12.6. The second kappa shape index (κ2) is 14.2. The second-order valence-corrected chi connectivity index (χ2v) is 10.6. The molecule has 1 heterocycles. The van der Waals surface area contributed by atoms with Crippen LogP contribution in [0.3, 0.4) is 0 Å². The van der Waals surface area contributed by atoms with E-state index in [1.807, 2.05) is 112 Å². The Morgan fingerprint density at radius 3 is 1.85 bits per heavy atom. The first-order valence-corrected chi connectivity index (χ1v) is 13.4. The fourth-order valence-corrected chi connectivity index (χ4v) is 4.38. The Hall–Kier alpha value is -3.23. The van der Waals surface area contributed by atoms with Crippen LogP contribution in [-0.4, -0.2) is 42.8 Å². The minimum Gasteiger partial charge on any atom is -0.444 e. The summed E-state index contributed by atoms with van der Waals surface area (Å²) in [5.41, 5.74) is 2.55. The van der Waals surface area contributed by atoms with Gasteiger partial charge in [0, 0.05) is 6.42 Å². The van der Waals surface area contributed by atoms with E-state index in [-0.39, 0.29) is 12.7 Å². The lowest BCUT2D eigenvalue weighted by Gasteiger charge is -2.41. The zero-order valence-electron chi connectivity index (χ0n) is 23.0. The third kappa shape index (κ3) is 9.79. The third-order valence-electron chi connectivity index (χ3n) is 6.18. The topological polar surface area (TPSA) is 75.3 Å². The average molecular weight is 534 g/mol. The van der Waals surface area contributed by atoms with Gasteiger partial charge in [-0.15, -0.1) is 0 Å². The lowest BCUT2D eigenvalue weighted by Crippen LogP contribution is -2.57. The van der Waals surface area contributed by atoms with Gasteiger partial charge in [-0.25, -0.2) is 4.79 Å². The first kappa shape index (κ1) is 28.8. The predicted octanol–water partition coefficient (Wildman–Crippen LogP) is 6.01. The quantitative estimate of drug-likeness (QED) is 0.325. The number of carbonyl (C=O) groups is 1. The number of nitrogens with one attached hydrogen (secondary N) is 1. The number of rotatable bonds is 11. The SMILES string of the molecule is CC(C)(C)OC(=O)N[C@H]1C[C@@H](OCc2ccccc2)[C@@H](OCc2ccccc2)[C@@H](COCc2ccccc2)O1. The lowest BCUT2D eigenvalue weighted by atomic mass is 10.00. The molecule has 0 radical (unpaired) electrons. The summed E-state index contributed by atoms with van der Waals surface area (Å²) in [7, 11) is 0. The van der Waals surface area contributed by atoms with E-state index in [4.69, 9.17) is 23.7 Å². The molecule has 4 atom stereocenters. The fourth-order valence-electron chi connectivity index (χ4n) is 4.38. The Kier molecular flexibility index (Phi) is 10.5. The molecule has 0 aliphatic carbocycles. The smallest absolute Gasteiger partial charge is 0.409 e. The van der Waals surface area contributed by atoms with Crippen molar-refractivity contribution < 1.29 is 28.5 Å². The van der Waals surface area contributed by atoms with Gasteiger partial charge in [-0.1, -0.05) is 91.0 Å². The molecule has 1 fully saturated rings. The number of carbonyl (C=O) groups excluding carboxylic acids is 1. The molecule has 7 heteroatoms. The monoisotopic (exact) mass is 533 g/mol. The molecule has 1 aliphatic rings. The zero-order valence-corrected chi connectivity index (χ0v) is 23.0. The summed E-state index contributed by atoms with van der Waals surface area (Å²) in [6.45, 7) is 7.00. The van der Waals surface area contributed by atoms with Crippen molar-refractivity contribution in [3.8, 4) is 0 Å². The van der Waals surface area contributed by atoms with Gasteiger partial charge in [-0.2, -0.15) is 0 Å². The van der Waals surface area contributed by atoms with Crippen molar-refractivity contribution in [2.45, 2.75) is 77.2 Å². The van der Waals surface area contributed by atoms with Gasteiger partial charge >= 0.3 is 6.09 Å². The molecule has 4 rings (SSSR count). The van der Waals surface area contributed by atoms with Crippen molar-refractivity contribution in [3.05, 3.63) is 108 Å². The Labute approximate surface area is 231 Å². The molecule has 3 aromatic carbocycles. The van der Waals surface area contributed by atoms with Gasteiger partial charge in [0.2, 0.25) is 0 Å². The maximum Gasteiger partial charge on any atom is 0.409 e. The molecular weight excluding hydrogens is 494 g/mol. The summed E-state index contributed by atoms with van der Waals surface area (Å²) in [5.74, 6) is 0. The first-order chi connectivity index (χ1) is 18.9. The standard InChI is InChI=1S/C32H39NO6/c1-32(2,3)39-31(34)33-29-19-27(36-21-25-15-9-5-10-16-25)30(37-22-26-17-11-6-12-18-26)28(38-29)23-35-20-24-13-7-4-8-14-24/h4-18,27-30H,19-23H2,1-3H3,(H,33,34)/t27-,28-,29-,30-/m1/s1. The molecule has 3 aromatic rings. The molecule has 7 nitrogen and oxygen atoms in total. The van der Waals surface area contributed by atoms with Crippen molar-refractivity contribution in [2.24, 2.45) is 0 Å². The van der Waals surface area contributed by atoms with Crippen LogP contribution in [0.1, 0.15) is 43.9 Å². The lowest BCUT2D eigenvalue weighted by molar-refractivity contribution is -0.224. The summed E-state index contributed by atoms with van der Waals surface area (Å²) in [4.78, 5) is 12.6. The van der Waals surface area contributed by atoms with Crippen molar-refractivity contribution in [3.63, 3.8) is 0 Å². The van der Waals surface area contributed by atoms with Gasteiger partial charge < -0.3 is 23.7 Å². The molecule has 1 amide bonds. The van der Waals surface area contributed by atoms with Crippen LogP contribution in [0.25, 0.3) is 0 Å². The number of alkyl carbamates (subject to hydrolysis) is 1. The largest absolute Gasteiger partial charge is 0.444 e. The van der Waals surface area contributed by atoms with E-state index in [0.29, 0.717) is 26.2 Å². The fraction of sp³-hybridized carbons (Fsp3) is 0.406. The van der Waals surface area contributed by atoms with Crippen molar-refractivity contribution in [1.82, 2.24) is 5.32 Å². The molecule has 0 bridgehead atoms. The number of ether oxygens (including phenoxy) is 5. The highest BCUT2D eigenvalue weighted by Gasteiger charge is 2.41. The first-order valence-electron chi connectivity index (χ1n) is 13.4. The van der Waals surface area contributed by atoms with Gasteiger partial charge in [-0.05, 0) is 37.5 Å². The minimum atomic E-state index is -0.624. The van der Waals surface area contributed by atoms with E-state index in [1.165, 1.54) is 0 Å². The highest BCUT2D eigenvalue weighted by molar-refractivity contribution is 5.67. The van der Waals surface area contributed by atoms with Crippen LogP contribution in [0.2, 0.25) is 0 Å². The van der Waals surface area contributed by atoms with Gasteiger partial charge in [0.15, 0.2) is 0 Å². The average Bonchev–Trinajstić information content (AvgIpc) is 2.92. The predicted molar refractivity (Wildman–Crippen MR) is 149 cm³/mol. The summed E-state index contributed by atoms with van der Waals surface area (Å²) in [6.07, 6.45) is -2.01. The van der Waals surface area contributed by atoms with E-state index in [0.717, 1.165) is 16.7 Å². The molecule has 0 aromatic heterocycles. The number of benzene rings is 3. The Morgan fingerprint density at radius 1 is 0.795 bits per heavy atom. The highest BCUT2D eigenvalue weighted by Crippen LogP contribution is 2.27. The van der Waals surface area contributed by atoms with Crippen LogP contribution >= 0.6 is 0 Å². The summed E-state index contributed by atoms with van der Waals surface area (Å²) in [5, 5.41) is 2.86. The molecule has 1 aliphatic heterocycles. The van der Waals surface area contributed by atoms with Crippen molar-refractivity contribution in [1.29, 1.82) is 0 Å². The van der Waals surface area contributed by atoms with E-state index in [9.17, 15) is 4.79 Å². The van der Waals surface area contributed by atoms with Crippen LogP contribution in [-0.2, 0) is 43.5 Å². The Bertz CT molecular complexity index is 1120. The van der Waals surface area contributed by atoms with Crippen LogP contribution < -0.4 is 5.32 Å². The summed E-state index contributed by atoms with van der Waals surface area (Å²) < 4.78 is 30.8. The number of hydrogen-bond acceptors (Lipinski definition) is 6. The van der Waals surface area contributed by atoms with E-state index >= 15 is 0 Å². The molecule has 208 valence electrons. The molecule has 39 heavy (non-hydrogen) atoms. The molecular formula is C32H39NO6. The van der Waals surface area contributed by atoms with Crippen molar-refractivity contribution in [2.75, 3.05) is 6.61 Å². The number of amides is 1. The summed E-state index contributed by atoms with van der Waals surface area (Å²) >= 11 is 0.